The Bertz CT molecular complexity index is 409. The minimum absolute atomic E-state index is 0.396. The van der Waals surface area contributed by atoms with Gasteiger partial charge in [-0.05, 0) is 36.9 Å². The van der Waals surface area contributed by atoms with E-state index in [1.165, 1.54) is 24.0 Å². The molecule has 1 aromatic rings. The zero-order valence-corrected chi connectivity index (χ0v) is 11.7. The van der Waals surface area contributed by atoms with E-state index in [1.807, 2.05) is 6.07 Å². The lowest BCUT2D eigenvalue weighted by atomic mass is 9.91. The van der Waals surface area contributed by atoms with Crippen molar-refractivity contribution in [1.82, 2.24) is 5.32 Å². The number of ether oxygens (including phenoxy) is 2. The van der Waals surface area contributed by atoms with Crippen LogP contribution in [0.1, 0.15) is 49.8 Å². The van der Waals surface area contributed by atoms with Crippen LogP contribution in [0.15, 0.2) is 12.1 Å². The zero-order chi connectivity index (χ0) is 13.1. The van der Waals surface area contributed by atoms with Crippen molar-refractivity contribution in [3.63, 3.8) is 0 Å². The third-order valence-corrected chi connectivity index (χ3v) is 3.65. The van der Waals surface area contributed by atoms with Gasteiger partial charge in [-0.3, -0.25) is 0 Å². The van der Waals surface area contributed by atoms with Gasteiger partial charge in [0.15, 0.2) is 11.5 Å². The first-order chi connectivity index (χ1) is 8.69. The number of benzene rings is 1. The Labute approximate surface area is 109 Å². The highest BCUT2D eigenvalue weighted by molar-refractivity contribution is 5.53. The SMILES string of the molecule is COc1ccc(C(C)C)c(C2CCCN2)c1OC. The van der Waals surface area contributed by atoms with Gasteiger partial charge >= 0.3 is 0 Å². The molecule has 0 spiro atoms. The van der Waals surface area contributed by atoms with Crippen molar-refractivity contribution < 1.29 is 9.47 Å². The normalized spacial score (nSPS) is 19.3. The molecule has 3 heteroatoms. The second kappa shape index (κ2) is 5.61. The van der Waals surface area contributed by atoms with Crippen molar-refractivity contribution >= 4 is 0 Å². The Balaban J connectivity index is 2.54. The van der Waals surface area contributed by atoms with Gasteiger partial charge in [0, 0.05) is 11.6 Å². The lowest BCUT2D eigenvalue weighted by Crippen LogP contribution is -2.16. The molecule has 100 valence electrons. The Hall–Kier alpha value is -1.22. The number of hydrogen-bond donors (Lipinski definition) is 1. The summed E-state index contributed by atoms with van der Waals surface area (Å²) in [4.78, 5) is 0. The lowest BCUT2D eigenvalue weighted by Gasteiger charge is -2.23. The van der Waals surface area contributed by atoms with E-state index in [0.717, 1.165) is 18.0 Å². The predicted molar refractivity (Wildman–Crippen MR) is 73.6 cm³/mol. The first-order valence-electron chi connectivity index (χ1n) is 6.67. The maximum Gasteiger partial charge on any atom is 0.165 e. The molecule has 1 fully saturated rings. The molecule has 3 nitrogen and oxygen atoms in total. The number of nitrogens with one attached hydrogen (secondary N) is 1. The van der Waals surface area contributed by atoms with E-state index in [4.69, 9.17) is 9.47 Å². The van der Waals surface area contributed by atoms with E-state index in [9.17, 15) is 0 Å². The Kier molecular flexibility index (Phi) is 4.12. The van der Waals surface area contributed by atoms with Crippen LogP contribution in [0.4, 0.5) is 0 Å². The van der Waals surface area contributed by atoms with Gasteiger partial charge in [0.05, 0.1) is 14.2 Å². The Morgan fingerprint density at radius 2 is 2.00 bits per heavy atom. The predicted octanol–water partition coefficient (Wildman–Crippen LogP) is 3.25. The molecule has 0 aliphatic carbocycles. The largest absolute Gasteiger partial charge is 0.493 e. The second-order valence-electron chi connectivity index (χ2n) is 5.11. The molecule has 1 unspecified atom stereocenters. The molecule has 18 heavy (non-hydrogen) atoms. The monoisotopic (exact) mass is 249 g/mol. The molecule has 1 atom stereocenters. The Morgan fingerprint density at radius 3 is 2.50 bits per heavy atom. The molecular formula is C15H23NO2. The van der Waals surface area contributed by atoms with Crippen LogP contribution >= 0.6 is 0 Å². The molecule has 1 aliphatic rings. The van der Waals surface area contributed by atoms with E-state index in [0.29, 0.717) is 12.0 Å². The van der Waals surface area contributed by atoms with Gasteiger partial charge in [-0.2, -0.15) is 0 Å². The average Bonchev–Trinajstić information content (AvgIpc) is 2.90. The highest BCUT2D eigenvalue weighted by Crippen LogP contribution is 2.42. The van der Waals surface area contributed by atoms with Crippen molar-refractivity contribution in [1.29, 1.82) is 0 Å². The summed E-state index contributed by atoms with van der Waals surface area (Å²) in [5.74, 6) is 2.20. The number of methoxy groups -OCH3 is 2. The topological polar surface area (TPSA) is 30.5 Å². The molecular weight excluding hydrogens is 226 g/mol. The minimum atomic E-state index is 0.396. The summed E-state index contributed by atoms with van der Waals surface area (Å²) >= 11 is 0. The maximum absolute atomic E-state index is 5.61. The maximum atomic E-state index is 5.61. The van der Waals surface area contributed by atoms with Crippen LogP contribution in [-0.2, 0) is 0 Å². The van der Waals surface area contributed by atoms with Crippen molar-refractivity contribution in [3.8, 4) is 11.5 Å². The summed E-state index contributed by atoms with van der Waals surface area (Å²) in [5.41, 5.74) is 2.64. The Morgan fingerprint density at radius 1 is 1.22 bits per heavy atom. The fraction of sp³-hybridized carbons (Fsp3) is 0.600. The van der Waals surface area contributed by atoms with E-state index in [1.54, 1.807) is 14.2 Å². The molecule has 0 aromatic heterocycles. The molecule has 0 amide bonds. The van der Waals surface area contributed by atoms with E-state index in [2.05, 4.69) is 25.2 Å². The van der Waals surface area contributed by atoms with Crippen LogP contribution in [0.25, 0.3) is 0 Å². The van der Waals surface area contributed by atoms with Crippen LogP contribution in [0.2, 0.25) is 0 Å². The standard InChI is InChI=1S/C15H23NO2/c1-10(2)11-7-8-13(17-3)15(18-4)14(11)12-6-5-9-16-12/h7-8,10,12,16H,5-6,9H2,1-4H3. The van der Waals surface area contributed by atoms with E-state index >= 15 is 0 Å². The average molecular weight is 249 g/mol. The molecule has 1 heterocycles. The van der Waals surface area contributed by atoms with Gasteiger partial charge in [0.25, 0.3) is 0 Å². The summed E-state index contributed by atoms with van der Waals surface area (Å²) in [6.07, 6.45) is 2.39. The number of hydrogen-bond acceptors (Lipinski definition) is 3. The molecule has 1 saturated heterocycles. The third-order valence-electron chi connectivity index (χ3n) is 3.65. The van der Waals surface area contributed by atoms with Gasteiger partial charge in [-0.25, -0.2) is 0 Å². The van der Waals surface area contributed by atoms with Crippen molar-refractivity contribution in [3.05, 3.63) is 23.3 Å². The van der Waals surface area contributed by atoms with Crippen molar-refractivity contribution in [2.45, 2.75) is 38.6 Å². The van der Waals surface area contributed by atoms with Gasteiger partial charge in [0.1, 0.15) is 0 Å². The molecule has 0 bridgehead atoms. The summed E-state index contributed by atoms with van der Waals surface area (Å²) < 4.78 is 11.0. The van der Waals surface area contributed by atoms with Gasteiger partial charge < -0.3 is 14.8 Å². The molecule has 1 aliphatic heterocycles. The molecule has 0 saturated carbocycles. The van der Waals surface area contributed by atoms with Crippen LogP contribution in [0, 0.1) is 0 Å². The van der Waals surface area contributed by atoms with Crippen LogP contribution in [0.3, 0.4) is 0 Å². The molecule has 2 rings (SSSR count). The number of rotatable bonds is 4. The van der Waals surface area contributed by atoms with Crippen LogP contribution < -0.4 is 14.8 Å². The minimum Gasteiger partial charge on any atom is -0.493 e. The summed E-state index contributed by atoms with van der Waals surface area (Å²) in [5, 5.41) is 3.56. The molecule has 1 aromatic carbocycles. The van der Waals surface area contributed by atoms with E-state index in [-0.39, 0.29) is 0 Å². The highest BCUT2D eigenvalue weighted by Gasteiger charge is 2.26. The molecule has 0 radical (unpaired) electrons. The zero-order valence-electron chi connectivity index (χ0n) is 11.7. The van der Waals surface area contributed by atoms with Crippen molar-refractivity contribution in [2.24, 2.45) is 0 Å². The van der Waals surface area contributed by atoms with E-state index < -0.39 is 0 Å². The first-order valence-corrected chi connectivity index (χ1v) is 6.67. The summed E-state index contributed by atoms with van der Waals surface area (Å²) in [7, 11) is 3.42. The van der Waals surface area contributed by atoms with Gasteiger partial charge in [-0.15, -0.1) is 0 Å². The van der Waals surface area contributed by atoms with Gasteiger partial charge in [-0.1, -0.05) is 19.9 Å². The second-order valence-corrected chi connectivity index (χ2v) is 5.11. The van der Waals surface area contributed by atoms with Crippen LogP contribution in [0.5, 0.6) is 11.5 Å². The lowest BCUT2D eigenvalue weighted by molar-refractivity contribution is 0.347. The van der Waals surface area contributed by atoms with Crippen molar-refractivity contribution in [2.75, 3.05) is 20.8 Å². The smallest absolute Gasteiger partial charge is 0.165 e. The summed E-state index contributed by atoms with van der Waals surface area (Å²) in [6, 6.07) is 4.57. The molecule has 1 N–H and O–H groups in total. The first kappa shape index (κ1) is 13.2. The fourth-order valence-electron chi connectivity index (χ4n) is 2.76. The summed E-state index contributed by atoms with van der Waals surface area (Å²) in [6.45, 7) is 5.53. The third kappa shape index (κ3) is 2.32. The van der Waals surface area contributed by atoms with Crippen LogP contribution in [-0.4, -0.2) is 20.8 Å². The highest BCUT2D eigenvalue weighted by atomic mass is 16.5. The fourth-order valence-corrected chi connectivity index (χ4v) is 2.76. The quantitative estimate of drug-likeness (QED) is 0.888. The van der Waals surface area contributed by atoms with Gasteiger partial charge in [0.2, 0.25) is 0 Å².